The summed E-state index contributed by atoms with van der Waals surface area (Å²) in [5.41, 5.74) is 6.21. The van der Waals surface area contributed by atoms with E-state index in [2.05, 4.69) is 15.5 Å². The van der Waals surface area contributed by atoms with Crippen LogP contribution in [0.15, 0.2) is 52.6 Å². The Hall–Kier alpha value is -1.98. The molecule has 1 atom stereocenters. The normalized spacial score (nSPS) is 21.6. The van der Waals surface area contributed by atoms with Gasteiger partial charge in [0.15, 0.2) is 4.87 Å². The third-order valence-corrected chi connectivity index (χ3v) is 5.16. The molecule has 1 unspecified atom stereocenters. The van der Waals surface area contributed by atoms with E-state index < -0.39 is 4.87 Å². The first-order valence-electron chi connectivity index (χ1n) is 6.74. The molecule has 2 aliphatic heterocycles. The van der Waals surface area contributed by atoms with E-state index in [1.165, 1.54) is 0 Å². The molecule has 0 amide bonds. The summed E-state index contributed by atoms with van der Waals surface area (Å²) in [4.78, 5) is 4.01. The van der Waals surface area contributed by atoms with Crippen molar-refractivity contribution in [2.45, 2.75) is 4.87 Å². The molecule has 2 aromatic carbocycles. The van der Waals surface area contributed by atoms with Gasteiger partial charge in [-0.3, -0.25) is 10.4 Å². The van der Waals surface area contributed by atoms with Crippen LogP contribution in [-0.2, 0) is 4.87 Å². The quantitative estimate of drug-likeness (QED) is 0.908. The second kappa shape index (κ2) is 5.04. The van der Waals surface area contributed by atoms with E-state index in [9.17, 15) is 0 Å². The van der Waals surface area contributed by atoms with Gasteiger partial charge in [-0.2, -0.15) is 5.10 Å². The van der Waals surface area contributed by atoms with Crippen molar-refractivity contribution in [3.8, 4) is 5.75 Å². The summed E-state index contributed by atoms with van der Waals surface area (Å²) in [6.45, 7) is 0. The minimum atomic E-state index is -0.463. The van der Waals surface area contributed by atoms with Crippen LogP contribution < -0.4 is 10.2 Å². The number of rotatable bonds is 2. The van der Waals surface area contributed by atoms with Gasteiger partial charge in [0.05, 0.1) is 12.8 Å². The van der Waals surface area contributed by atoms with Crippen LogP contribution >= 0.6 is 23.4 Å². The molecule has 0 radical (unpaired) electrons. The van der Waals surface area contributed by atoms with E-state index in [0.29, 0.717) is 5.02 Å². The van der Waals surface area contributed by atoms with Crippen molar-refractivity contribution in [3.05, 3.63) is 58.6 Å². The molecule has 0 aromatic heterocycles. The van der Waals surface area contributed by atoms with Gasteiger partial charge in [-0.1, -0.05) is 23.4 Å². The Morgan fingerprint density at radius 3 is 2.77 bits per heavy atom. The van der Waals surface area contributed by atoms with Crippen LogP contribution in [0.2, 0.25) is 5.02 Å². The van der Waals surface area contributed by atoms with Crippen molar-refractivity contribution >= 4 is 40.3 Å². The van der Waals surface area contributed by atoms with Gasteiger partial charge < -0.3 is 4.74 Å². The molecular weight excluding hydrogens is 318 g/mol. The third-order valence-electron chi connectivity index (χ3n) is 3.66. The molecule has 4 nitrogen and oxygen atoms in total. The molecule has 2 heterocycles. The fraction of sp³-hybridized carbons (Fsp3) is 0.125. The summed E-state index contributed by atoms with van der Waals surface area (Å²) in [5, 5.41) is 6.10. The molecule has 22 heavy (non-hydrogen) atoms. The van der Waals surface area contributed by atoms with Crippen molar-refractivity contribution in [1.82, 2.24) is 5.43 Å². The lowest BCUT2D eigenvalue weighted by Crippen LogP contribution is -2.32. The number of thioether (sulfide) groups is 1. The molecule has 1 N–H and O–H groups in total. The number of benzene rings is 2. The molecule has 6 heteroatoms. The molecule has 4 rings (SSSR count). The third kappa shape index (κ3) is 2.09. The second-order valence-corrected chi connectivity index (χ2v) is 6.69. The van der Waals surface area contributed by atoms with Crippen molar-refractivity contribution < 1.29 is 4.74 Å². The van der Waals surface area contributed by atoms with Gasteiger partial charge in [-0.25, -0.2) is 0 Å². The van der Waals surface area contributed by atoms with Crippen molar-refractivity contribution in [1.29, 1.82) is 0 Å². The summed E-state index contributed by atoms with van der Waals surface area (Å²) in [5.74, 6) is 0.828. The Balaban J connectivity index is 1.65. The smallest absolute Gasteiger partial charge is 0.168 e. The topological polar surface area (TPSA) is 46.0 Å². The fourth-order valence-electron chi connectivity index (χ4n) is 2.51. The number of nitrogens with zero attached hydrogens (tertiary/aromatic N) is 2. The summed E-state index contributed by atoms with van der Waals surface area (Å²) < 4.78 is 5.19. The van der Waals surface area contributed by atoms with Crippen molar-refractivity contribution in [2.75, 3.05) is 7.11 Å². The molecule has 2 aromatic rings. The number of hydrogen-bond donors (Lipinski definition) is 1. The summed E-state index contributed by atoms with van der Waals surface area (Å²) in [7, 11) is 1.66. The number of fused-ring (bicyclic) bond motifs is 2. The Morgan fingerprint density at radius 1 is 1.18 bits per heavy atom. The van der Waals surface area contributed by atoms with E-state index >= 15 is 0 Å². The van der Waals surface area contributed by atoms with Crippen LogP contribution in [0.1, 0.15) is 11.1 Å². The molecule has 1 spiro atoms. The summed E-state index contributed by atoms with van der Waals surface area (Å²) >= 11 is 7.76. The molecule has 0 fully saturated rings. The van der Waals surface area contributed by atoms with Gasteiger partial charge in [0, 0.05) is 22.4 Å². The molecule has 2 aliphatic rings. The SMILES string of the molecule is COc1ccc(C2=NNC3(C=Nc4ccc(Cl)cc43)S2)cc1. The number of halogens is 1. The Labute approximate surface area is 137 Å². The molecule has 0 saturated carbocycles. The lowest BCUT2D eigenvalue weighted by molar-refractivity contribution is 0.415. The van der Waals surface area contributed by atoms with Crippen LogP contribution in [0.4, 0.5) is 5.69 Å². The van der Waals surface area contributed by atoms with Crippen LogP contribution in [0.5, 0.6) is 5.75 Å². The van der Waals surface area contributed by atoms with Crippen LogP contribution in [-0.4, -0.2) is 18.4 Å². The first-order chi connectivity index (χ1) is 10.7. The Kier molecular flexibility index (Phi) is 3.13. The van der Waals surface area contributed by atoms with E-state index in [-0.39, 0.29) is 0 Å². The van der Waals surface area contributed by atoms with Crippen LogP contribution in [0.25, 0.3) is 0 Å². The number of methoxy groups -OCH3 is 1. The number of hydrazone groups is 1. The molecule has 110 valence electrons. The van der Waals surface area contributed by atoms with E-state index in [1.807, 2.05) is 48.7 Å². The maximum absolute atomic E-state index is 6.13. The van der Waals surface area contributed by atoms with Crippen molar-refractivity contribution in [2.24, 2.45) is 10.1 Å². The van der Waals surface area contributed by atoms with Gasteiger partial charge in [0.1, 0.15) is 10.8 Å². The molecule has 0 bridgehead atoms. The number of nitrogens with one attached hydrogen (secondary N) is 1. The summed E-state index contributed by atoms with van der Waals surface area (Å²) in [6, 6.07) is 13.6. The second-order valence-electron chi connectivity index (χ2n) is 5.01. The van der Waals surface area contributed by atoms with Gasteiger partial charge in [0.2, 0.25) is 0 Å². The lowest BCUT2D eigenvalue weighted by Gasteiger charge is -2.20. The fourth-order valence-corrected chi connectivity index (χ4v) is 3.80. The van der Waals surface area contributed by atoms with E-state index in [0.717, 1.165) is 27.6 Å². The highest BCUT2D eigenvalue weighted by atomic mass is 35.5. The molecule has 0 saturated heterocycles. The van der Waals surface area contributed by atoms with Gasteiger partial charge in [-0.05, 0) is 42.5 Å². The number of ether oxygens (including phenoxy) is 1. The maximum atomic E-state index is 6.13. The van der Waals surface area contributed by atoms with Crippen LogP contribution in [0.3, 0.4) is 0 Å². The average Bonchev–Trinajstić information content (AvgIpc) is 3.14. The first kappa shape index (κ1) is 13.7. The maximum Gasteiger partial charge on any atom is 0.168 e. The highest BCUT2D eigenvalue weighted by Crippen LogP contribution is 2.47. The predicted molar refractivity (Wildman–Crippen MR) is 91.5 cm³/mol. The van der Waals surface area contributed by atoms with Crippen molar-refractivity contribution in [3.63, 3.8) is 0 Å². The van der Waals surface area contributed by atoms with E-state index in [4.69, 9.17) is 16.3 Å². The molecule has 0 aliphatic carbocycles. The average molecular weight is 330 g/mol. The van der Waals surface area contributed by atoms with E-state index in [1.54, 1.807) is 18.9 Å². The standard InChI is InChI=1S/C16H12ClN3OS/c1-21-12-5-2-10(3-6-12)15-19-20-16(22-15)9-18-14-7-4-11(17)8-13(14)16/h2-9,20H,1H3. The summed E-state index contributed by atoms with van der Waals surface area (Å²) in [6.07, 6.45) is 1.89. The largest absolute Gasteiger partial charge is 0.497 e. The van der Waals surface area contributed by atoms with Gasteiger partial charge in [-0.15, -0.1) is 0 Å². The zero-order valence-electron chi connectivity index (χ0n) is 11.7. The first-order valence-corrected chi connectivity index (χ1v) is 7.93. The minimum Gasteiger partial charge on any atom is -0.497 e. The highest BCUT2D eigenvalue weighted by molar-refractivity contribution is 8.16. The van der Waals surface area contributed by atoms with Crippen LogP contribution in [0, 0.1) is 0 Å². The highest BCUT2D eigenvalue weighted by Gasteiger charge is 2.42. The lowest BCUT2D eigenvalue weighted by atomic mass is 10.1. The monoisotopic (exact) mass is 329 g/mol. The number of hydrogen-bond acceptors (Lipinski definition) is 5. The zero-order valence-corrected chi connectivity index (χ0v) is 13.3. The number of aliphatic imine (C=N–C) groups is 1. The van der Waals surface area contributed by atoms with Gasteiger partial charge >= 0.3 is 0 Å². The van der Waals surface area contributed by atoms with Gasteiger partial charge in [0.25, 0.3) is 0 Å². The molecular formula is C16H12ClN3OS. The minimum absolute atomic E-state index is 0.463. The Bertz CT molecular complexity index is 804. The predicted octanol–water partition coefficient (Wildman–Crippen LogP) is 3.92. The zero-order chi connectivity index (χ0) is 15.2. The Morgan fingerprint density at radius 2 is 2.00 bits per heavy atom.